The van der Waals surface area contributed by atoms with Gasteiger partial charge in [-0.15, -0.1) is 0 Å². The summed E-state index contributed by atoms with van der Waals surface area (Å²) in [7, 11) is 1.63. The van der Waals surface area contributed by atoms with Crippen LogP contribution in [0.15, 0.2) is 24.3 Å². The number of hydrogen-bond acceptors (Lipinski definition) is 5. The van der Waals surface area contributed by atoms with Crippen molar-refractivity contribution in [3.63, 3.8) is 0 Å². The molecule has 0 amide bonds. The molecule has 0 radical (unpaired) electrons. The second-order valence-electron chi connectivity index (χ2n) is 5.66. The van der Waals surface area contributed by atoms with Crippen LogP contribution in [-0.4, -0.2) is 36.6 Å². The molecule has 1 heterocycles. The Balaban J connectivity index is 2.06. The van der Waals surface area contributed by atoms with Gasteiger partial charge in [0.25, 0.3) is 0 Å². The molecule has 0 aliphatic rings. The van der Waals surface area contributed by atoms with Crippen molar-refractivity contribution < 1.29 is 19.1 Å². The van der Waals surface area contributed by atoms with Gasteiger partial charge in [-0.2, -0.15) is 0 Å². The van der Waals surface area contributed by atoms with E-state index in [1.165, 1.54) is 12.1 Å². The van der Waals surface area contributed by atoms with Crippen LogP contribution < -0.4 is 5.73 Å². The first-order valence-electron chi connectivity index (χ1n) is 7.76. The fraction of sp³-hybridized carbons (Fsp3) is 0.333. The lowest BCUT2D eigenvalue weighted by molar-refractivity contribution is 0.0475. The fourth-order valence-corrected chi connectivity index (χ4v) is 2.80. The van der Waals surface area contributed by atoms with E-state index in [-0.39, 0.29) is 23.6 Å². The number of nitrogen functional groups attached to an aromatic ring is 1. The zero-order chi connectivity index (χ0) is 18.6. The highest BCUT2D eigenvalue weighted by Crippen LogP contribution is 2.20. The molecule has 2 N–H and O–H groups in total. The lowest BCUT2D eigenvalue weighted by atomic mass is 10.1. The smallest absolute Gasteiger partial charge is 0.340 e. The Morgan fingerprint density at radius 1 is 1.20 bits per heavy atom. The van der Waals surface area contributed by atoms with Gasteiger partial charge in [0, 0.05) is 41.3 Å². The van der Waals surface area contributed by atoms with Gasteiger partial charge < -0.3 is 19.8 Å². The van der Waals surface area contributed by atoms with Crippen molar-refractivity contribution in [3.8, 4) is 0 Å². The molecule has 1 aromatic heterocycles. The average Bonchev–Trinajstić information content (AvgIpc) is 2.85. The Morgan fingerprint density at radius 3 is 2.56 bits per heavy atom. The number of carbonyl (C=O) groups excluding carboxylic acids is 2. The molecule has 2 rings (SSSR count). The fourth-order valence-electron chi connectivity index (χ4n) is 2.62. The predicted molar refractivity (Wildman–Crippen MR) is 96.3 cm³/mol. The summed E-state index contributed by atoms with van der Waals surface area (Å²) in [5, 5.41) is 0.425. The number of hydrogen-bond donors (Lipinski definition) is 1. The molecular formula is C18H21ClN2O4. The lowest BCUT2D eigenvalue weighted by Gasteiger charge is -2.09. The Bertz CT molecular complexity index is 799. The maximum atomic E-state index is 12.4. The van der Waals surface area contributed by atoms with Crippen LogP contribution in [0.3, 0.4) is 0 Å². The van der Waals surface area contributed by atoms with Crippen molar-refractivity contribution in [1.29, 1.82) is 0 Å². The third-order valence-electron chi connectivity index (χ3n) is 3.96. The third-order valence-corrected chi connectivity index (χ3v) is 4.20. The van der Waals surface area contributed by atoms with Gasteiger partial charge in [0.1, 0.15) is 0 Å². The molecule has 0 spiro atoms. The Morgan fingerprint density at radius 2 is 1.92 bits per heavy atom. The van der Waals surface area contributed by atoms with Crippen molar-refractivity contribution in [3.05, 3.63) is 51.8 Å². The van der Waals surface area contributed by atoms with Gasteiger partial charge in [-0.1, -0.05) is 11.6 Å². The summed E-state index contributed by atoms with van der Waals surface area (Å²) in [5.74, 6) is -0.923. The molecule has 0 aliphatic heterocycles. The van der Waals surface area contributed by atoms with E-state index in [0.29, 0.717) is 23.7 Å². The average molecular weight is 365 g/mol. The molecule has 7 heteroatoms. The molecule has 0 saturated carbocycles. The number of nitrogens with zero attached hydrogens (tertiary/aromatic N) is 1. The van der Waals surface area contributed by atoms with Crippen LogP contribution in [0.1, 0.15) is 32.1 Å². The minimum Gasteiger partial charge on any atom is -0.454 e. The lowest BCUT2D eigenvalue weighted by Crippen LogP contribution is -2.16. The van der Waals surface area contributed by atoms with Gasteiger partial charge in [-0.3, -0.25) is 4.79 Å². The van der Waals surface area contributed by atoms with Crippen LogP contribution in [0.25, 0.3) is 0 Å². The summed E-state index contributed by atoms with van der Waals surface area (Å²) in [5.41, 5.74) is 8.45. The van der Waals surface area contributed by atoms with E-state index in [2.05, 4.69) is 0 Å². The van der Waals surface area contributed by atoms with Crippen LogP contribution in [0.2, 0.25) is 5.02 Å². The maximum absolute atomic E-state index is 12.4. The first-order chi connectivity index (χ1) is 11.8. The topological polar surface area (TPSA) is 83.5 Å². The third kappa shape index (κ3) is 4.41. The van der Waals surface area contributed by atoms with Crippen LogP contribution in [0.5, 0.6) is 0 Å². The van der Waals surface area contributed by atoms with Gasteiger partial charge in [-0.05, 0) is 38.1 Å². The molecule has 0 fully saturated rings. The molecular weight excluding hydrogens is 344 g/mol. The Labute approximate surface area is 151 Å². The quantitative estimate of drug-likeness (QED) is 0.464. The maximum Gasteiger partial charge on any atom is 0.340 e. The van der Waals surface area contributed by atoms with Crippen LogP contribution in [0.4, 0.5) is 5.69 Å². The highest BCUT2D eigenvalue weighted by Gasteiger charge is 2.18. The number of halogens is 1. The number of carbonyl (C=O) groups is 2. The Kier molecular flexibility index (Phi) is 6.22. The van der Waals surface area contributed by atoms with Gasteiger partial charge in [0.15, 0.2) is 6.61 Å². The first kappa shape index (κ1) is 19.0. The summed E-state index contributed by atoms with van der Waals surface area (Å²) < 4.78 is 12.2. The number of Topliss-reactive ketones (excluding diaryl/α,β-unsaturated/α-hetero) is 1. The van der Waals surface area contributed by atoms with Gasteiger partial charge in [0.05, 0.1) is 12.2 Å². The largest absolute Gasteiger partial charge is 0.454 e. The monoisotopic (exact) mass is 364 g/mol. The van der Waals surface area contributed by atoms with Crippen LogP contribution in [-0.2, 0) is 16.0 Å². The van der Waals surface area contributed by atoms with Crippen molar-refractivity contribution in [2.45, 2.75) is 20.4 Å². The van der Waals surface area contributed by atoms with E-state index in [0.717, 1.165) is 11.4 Å². The van der Waals surface area contributed by atoms with Crippen molar-refractivity contribution in [2.24, 2.45) is 0 Å². The number of rotatable bonds is 7. The molecule has 6 nitrogen and oxygen atoms in total. The number of ketones is 1. The number of aromatic nitrogens is 1. The zero-order valence-corrected chi connectivity index (χ0v) is 15.2. The van der Waals surface area contributed by atoms with E-state index in [9.17, 15) is 9.59 Å². The molecule has 0 atom stereocenters. The molecule has 25 heavy (non-hydrogen) atoms. The Hall–Kier alpha value is -2.31. The minimum atomic E-state index is -0.657. The molecule has 0 saturated heterocycles. The number of benzene rings is 1. The number of anilines is 1. The number of nitrogens with two attached hydrogens (primary N) is 1. The van der Waals surface area contributed by atoms with Gasteiger partial charge in [-0.25, -0.2) is 4.79 Å². The highest BCUT2D eigenvalue weighted by molar-refractivity contribution is 6.31. The molecule has 0 bridgehead atoms. The van der Waals surface area contributed by atoms with E-state index in [1.807, 2.05) is 18.4 Å². The zero-order valence-electron chi connectivity index (χ0n) is 14.5. The number of methoxy groups -OCH3 is 1. The summed E-state index contributed by atoms with van der Waals surface area (Å²) in [4.78, 5) is 24.5. The van der Waals surface area contributed by atoms with Crippen LogP contribution >= 0.6 is 11.6 Å². The van der Waals surface area contributed by atoms with E-state index < -0.39 is 5.97 Å². The summed E-state index contributed by atoms with van der Waals surface area (Å²) >= 11 is 5.80. The summed E-state index contributed by atoms with van der Waals surface area (Å²) in [6.07, 6.45) is 0. The van der Waals surface area contributed by atoms with Crippen LogP contribution in [0, 0.1) is 13.8 Å². The number of esters is 1. The van der Waals surface area contributed by atoms with E-state index in [1.54, 1.807) is 19.2 Å². The predicted octanol–water partition coefficient (Wildman–Crippen LogP) is 3.03. The summed E-state index contributed by atoms with van der Waals surface area (Å²) in [6.45, 7) is 4.63. The second-order valence-corrected chi connectivity index (χ2v) is 6.10. The molecule has 0 unspecified atom stereocenters. The minimum absolute atomic E-state index is 0.183. The van der Waals surface area contributed by atoms with Crippen molar-refractivity contribution in [1.82, 2.24) is 4.57 Å². The molecule has 134 valence electrons. The van der Waals surface area contributed by atoms with Gasteiger partial charge in [0.2, 0.25) is 5.78 Å². The first-order valence-corrected chi connectivity index (χ1v) is 8.14. The molecule has 2 aromatic rings. The summed E-state index contributed by atoms with van der Waals surface area (Å²) in [6, 6.07) is 6.27. The van der Waals surface area contributed by atoms with E-state index in [4.69, 9.17) is 26.8 Å². The molecule has 1 aromatic carbocycles. The highest BCUT2D eigenvalue weighted by atomic mass is 35.5. The van der Waals surface area contributed by atoms with Crippen molar-refractivity contribution in [2.75, 3.05) is 26.1 Å². The SMILES string of the molecule is COCCn1c(C)cc(C(=O)COC(=O)c2ccc(Cl)cc2N)c1C. The number of ether oxygens (including phenoxy) is 2. The van der Waals surface area contributed by atoms with Gasteiger partial charge >= 0.3 is 5.97 Å². The van der Waals surface area contributed by atoms with E-state index >= 15 is 0 Å². The normalized spacial score (nSPS) is 10.7. The van der Waals surface area contributed by atoms with Crippen molar-refractivity contribution >= 4 is 29.0 Å². The second kappa shape index (κ2) is 8.18. The standard InChI is InChI=1S/C18H21ClN2O4/c1-11-8-15(12(2)21(11)6-7-24-3)17(22)10-25-18(23)14-5-4-13(19)9-16(14)20/h4-5,8-9H,6-7,10,20H2,1-3H3. The molecule has 0 aliphatic carbocycles. The number of aryl methyl sites for hydroxylation is 1.